The van der Waals surface area contributed by atoms with Gasteiger partial charge in [0.15, 0.2) is 0 Å². The van der Waals surface area contributed by atoms with E-state index in [4.69, 9.17) is 5.73 Å². The summed E-state index contributed by atoms with van der Waals surface area (Å²) in [6.07, 6.45) is 3.58. The molecule has 0 bridgehead atoms. The second-order valence-corrected chi connectivity index (χ2v) is 2.10. The van der Waals surface area contributed by atoms with Crippen LogP contribution in [0, 0.1) is 0 Å². The van der Waals surface area contributed by atoms with Crippen molar-refractivity contribution in [3.05, 3.63) is 36.6 Å². The summed E-state index contributed by atoms with van der Waals surface area (Å²) in [6, 6.07) is 0. The van der Waals surface area contributed by atoms with E-state index in [9.17, 15) is 0 Å². The molecule has 0 aliphatic carbocycles. The van der Waals surface area contributed by atoms with Crippen molar-refractivity contribution >= 4 is 0 Å². The van der Waals surface area contributed by atoms with Crippen molar-refractivity contribution in [3.8, 4) is 0 Å². The van der Waals surface area contributed by atoms with E-state index in [2.05, 4.69) is 18.5 Å². The van der Waals surface area contributed by atoms with Crippen LogP contribution in [0.15, 0.2) is 36.6 Å². The standard InChI is InChI=1S/C8H14N2/c1-7(6-10-3)4-5-8(2)9/h4-5,10H,1-2,6,9H2,3H3/b5-4-. The molecule has 10 heavy (non-hydrogen) atoms. The maximum Gasteiger partial charge on any atom is 0.0241 e. The summed E-state index contributed by atoms with van der Waals surface area (Å²) in [5.74, 6) is 0. The van der Waals surface area contributed by atoms with Gasteiger partial charge in [-0.2, -0.15) is 0 Å². The van der Waals surface area contributed by atoms with Crippen molar-refractivity contribution in [1.29, 1.82) is 0 Å². The van der Waals surface area contributed by atoms with Crippen LogP contribution in [-0.4, -0.2) is 13.6 Å². The van der Waals surface area contributed by atoms with Crippen molar-refractivity contribution in [2.75, 3.05) is 13.6 Å². The van der Waals surface area contributed by atoms with Crippen molar-refractivity contribution < 1.29 is 0 Å². The average molecular weight is 138 g/mol. The maximum atomic E-state index is 5.29. The van der Waals surface area contributed by atoms with Gasteiger partial charge in [-0.3, -0.25) is 0 Å². The molecule has 3 N–H and O–H groups in total. The third-order valence-corrected chi connectivity index (χ3v) is 0.937. The van der Waals surface area contributed by atoms with Crippen LogP contribution in [0.5, 0.6) is 0 Å². The zero-order valence-corrected chi connectivity index (χ0v) is 6.35. The smallest absolute Gasteiger partial charge is 0.0241 e. The lowest BCUT2D eigenvalue weighted by Crippen LogP contribution is -2.08. The summed E-state index contributed by atoms with van der Waals surface area (Å²) in [4.78, 5) is 0. The molecule has 0 aromatic carbocycles. The Hall–Kier alpha value is -1.02. The number of nitrogens with two attached hydrogens (primary N) is 1. The molecule has 0 saturated carbocycles. The summed E-state index contributed by atoms with van der Waals surface area (Å²) in [5, 5.41) is 2.97. The van der Waals surface area contributed by atoms with Gasteiger partial charge >= 0.3 is 0 Å². The first-order valence-corrected chi connectivity index (χ1v) is 3.11. The summed E-state index contributed by atoms with van der Waals surface area (Å²) in [6.45, 7) is 8.07. The lowest BCUT2D eigenvalue weighted by Gasteiger charge is -1.95. The van der Waals surface area contributed by atoms with E-state index in [-0.39, 0.29) is 0 Å². The fourth-order valence-electron chi connectivity index (χ4n) is 0.511. The Balaban J connectivity index is 3.67. The van der Waals surface area contributed by atoms with Gasteiger partial charge in [-0.25, -0.2) is 0 Å². The SMILES string of the molecule is C=C(N)/C=C\C(=C)CNC. The molecule has 2 heteroatoms. The molecular weight excluding hydrogens is 124 g/mol. The van der Waals surface area contributed by atoms with Gasteiger partial charge in [0.2, 0.25) is 0 Å². The molecule has 0 radical (unpaired) electrons. The van der Waals surface area contributed by atoms with Crippen LogP contribution >= 0.6 is 0 Å². The Morgan fingerprint density at radius 2 is 2.10 bits per heavy atom. The number of hydrogen-bond acceptors (Lipinski definition) is 2. The molecule has 0 saturated heterocycles. The Morgan fingerprint density at radius 1 is 1.50 bits per heavy atom. The van der Waals surface area contributed by atoms with Crippen molar-refractivity contribution in [2.24, 2.45) is 5.73 Å². The number of hydrogen-bond donors (Lipinski definition) is 2. The molecule has 0 aliphatic rings. The molecule has 0 aromatic heterocycles. The molecule has 2 nitrogen and oxygen atoms in total. The van der Waals surface area contributed by atoms with Crippen molar-refractivity contribution in [2.45, 2.75) is 0 Å². The lowest BCUT2D eigenvalue weighted by atomic mass is 10.2. The van der Waals surface area contributed by atoms with Crippen LogP contribution in [0.3, 0.4) is 0 Å². The summed E-state index contributed by atoms with van der Waals surface area (Å²) in [7, 11) is 1.87. The summed E-state index contributed by atoms with van der Waals surface area (Å²) >= 11 is 0. The van der Waals surface area contributed by atoms with Gasteiger partial charge in [-0.15, -0.1) is 0 Å². The molecule has 0 heterocycles. The van der Waals surface area contributed by atoms with E-state index in [0.29, 0.717) is 5.70 Å². The van der Waals surface area contributed by atoms with Gasteiger partial charge in [0, 0.05) is 12.2 Å². The first-order valence-electron chi connectivity index (χ1n) is 3.11. The third-order valence-electron chi connectivity index (χ3n) is 0.937. The molecule has 0 amide bonds. The van der Waals surface area contributed by atoms with E-state index in [1.165, 1.54) is 0 Å². The Morgan fingerprint density at radius 3 is 2.50 bits per heavy atom. The number of allylic oxidation sites excluding steroid dienone is 1. The fraction of sp³-hybridized carbons (Fsp3) is 0.250. The zero-order chi connectivity index (χ0) is 7.98. The van der Waals surface area contributed by atoms with E-state index in [1.807, 2.05) is 13.1 Å². The summed E-state index contributed by atoms with van der Waals surface area (Å²) in [5.41, 5.74) is 6.84. The molecule has 0 spiro atoms. The minimum Gasteiger partial charge on any atom is -0.399 e. The quantitative estimate of drug-likeness (QED) is 0.564. The maximum absolute atomic E-state index is 5.29. The first-order chi connectivity index (χ1) is 4.66. The first kappa shape index (κ1) is 8.98. The normalized spacial score (nSPS) is 10.1. The summed E-state index contributed by atoms with van der Waals surface area (Å²) < 4.78 is 0. The van der Waals surface area contributed by atoms with Crippen LogP contribution in [0.4, 0.5) is 0 Å². The molecule has 56 valence electrons. The topological polar surface area (TPSA) is 38.0 Å². The molecule has 0 aromatic rings. The lowest BCUT2D eigenvalue weighted by molar-refractivity contribution is 0.898. The second kappa shape index (κ2) is 4.82. The number of nitrogens with one attached hydrogen (secondary N) is 1. The Kier molecular flexibility index (Phi) is 4.33. The van der Waals surface area contributed by atoms with Crippen molar-refractivity contribution in [3.63, 3.8) is 0 Å². The van der Waals surface area contributed by atoms with Crippen LogP contribution in [0.2, 0.25) is 0 Å². The van der Waals surface area contributed by atoms with Gasteiger partial charge in [0.25, 0.3) is 0 Å². The highest BCUT2D eigenvalue weighted by molar-refractivity contribution is 5.23. The largest absolute Gasteiger partial charge is 0.399 e. The van der Waals surface area contributed by atoms with Crippen LogP contribution in [0.1, 0.15) is 0 Å². The molecule has 0 unspecified atom stereocenters. The molecular formula is C8H14N2. The van der Waals surface area contributed by atoms with E-state index in [0.717, 1.165) is 12.1 Å². The third kappa shape index (κ3) is 5.12. The highest BCUT2D eigenvalue weighted by Gasteiger charge is 1.82. The highest BCUT2D eigenvalue weighted by Crippen LogP contribution is 1.91. The van der Waals surface area contributed by atoms with Gasteiger partial charge < -0.3 is 11.1 Å². The van der Waals surface area contributed by atoms with Crippen LogP contribution in [-0.2, 0) is 0 Å². The number of rotatable bonds is 4. The van der Waals surface area contributed by atoms with Gasteiger partial charge in [-0.1, -0.05) is 19.2 Å². The second-order valence-electron chi connectivity index (χ2n) is 2.10. The molecule has 0 atom stereocenters. The predicted octanol–water partition coefficient (Wildman–Crippen LogP) is 0.791. The average Bonchev–Trinajstić information content (AvgIpc) is 1.85. The van der Waals surface area contributed by atoms with Crippen molar-refractivity contribution in [1.82, 2.24) is 5.32 Å². The van der Waals surface area contributed by atoms with Crippen LogP contribution in [0.25, 0.3) is 0 Å². The molecule has 0 rings (SSSR count). The zero-order valence-electron chi connectivity index (χ0n) is 6.35. The minimum atomic E-state index is 0.553. The van der Waals surface area contributed by atoms with E-state index >= 15 is 0 Å². The molecule has 0 fully saturated rings. The highest BCUT2D eigenvalue weighted by atomic mass is 14.8. The van der Waals surface area contributed by atoms with Gasteiger partial charge in [0.05, 0.1) is 0 Å². The Bertz CT molecular complexity index is 157. The van der Waals surface area contributed by atoms with E-state index in [1.54, 1.807) is 6.08 Å². The fourth-order valence-corrected chi connectivity index (χ4v) is 0.511. The molecule has 0 aliphatic heterocycles. The predicted molar refractivity (Wildman–Crippen MR) is 45.5 cm³/mol. The van der Waals surface area contributed by atoms with Gasteiger partial charge in [0.1, 0.15) is 0 Å². The minimum absolute atomic E-state index is 0.553. The van der Waals surface area contributed by atoms with E-state index < -0.39 is 0 Å². The van der Waals surface area contributed by atoms with Gasteiger partial charge in [-0.05, 0) is 18.7 Å². The monoisotopic (exact) mass is 138 g/mol. The Labute approximate surface area is 62.1 Å². The number of likely N-dealkylation sites (N-methyl/N-ethyl adjacent to an activating group) is 1. The van der Waals surface area contributed by atoms with Crippen LogP contribution < -0.4 is 11.1 Å².